The second-order valence-corrected chi connectivity index (χ2v) is 2.96. The molecule has 0 aliphatic rings. The molecule has 0 atom stereocenters. The zero-order valence-corrected chi connectivity index (χ0v) is 7.84. The Morgan fingerprint density at radius 1 is 1.31 bits per heavy atom. The van der Waals surface area contributed by atoms with Gasteiger partial charge in [-0.1, -0.05) is 24.3 Å². The minimum Gasteiger partial charge on any atom is -0.294 e. The monoisotopic (exact) mass is 198 g/mol. The fraction of sp³-hybridized carbons (Fsp3) is 0.222. The van der Waals surface area contributed by atoms with E-state index in [-0.39, 0.29) is 5.91 Å². The third-order valence-corrected chi connectivity index (χ3v) is 2.01. The van der Waals surface area contributed by atoms with Gasteiger partial charge in [-0.05, 0) is 11.1 Å². The van der Waals surface area contributed by atoms with Gasteiger partial charge in [0.2, 0.25) is 5.91 Å². The molecule has 3 N–H and O–H groups in total. The molecule has 0 heterocycles. The van der Waals surface area contributed by atoms with Crippen molar-refractivity contribution in [2.45, 2.75) is 12.3 Å². The van der Waals surface area contributed by atoms with Crippen molar-refractivity contribution in [1.82, 2.24) is 5.43 Å². The molecule has 4 heteroatoms. The van der Waals surface area contributed by atoms with Crippen LogP contribution in [0.2, 0.25) is 0 Å². The van der Waals surface area contributed by atoms with E-state index in [0.29, 0.717) is 12.3 Å². The smallest absolute Gasteiger partial charge is 0.238 e. The average molecular weight is 199 g/mol. The van der Waals surface area contributed by atoms with Gasteiger partial charge in [0.25, 0.3) is 0 Å². The van der Waals surface area contributed by atoms with E-state index in [1.54, 1.807) is 0 Å². The summed E-state index contributed by atoms with van der Waals surface area (Å²) in [5.41, 5.74) is 4.05. The number of benzene rings is 1. The number of nitrogens with two attached hydrogens (primary N) is 1. The van der Waals surface area contributed by atoms with Crippen LogP contribution in [0.1, 0.15) is 11.1 Å². The molecule has 0 aliphatic heterocycles. The van der Waals surface area contributed by atoms with E-state index in [1.165, 1.54) is 0 Å². The van der Waals surface area contributed by atoms with E-state index in [2.05, 4.69) is 5.43 Å². The summed E-state index contributed by atoms with van der Waals surface area (Å²) in [6.45, 7) is 0. The highest BCUT2D eigenvalue weighted by Gasteiger charge is 2.00. The summed E-state index contributed by atoms with van der Waals surface area (Å²) in [5.74, 6) is 5.25. The lowest BCUT2D eigenvalue weighted by molar-refractivity contribution is -0.120. The fourth-order valence-corrected chi connectivity index (χ4v) is 1.16. The first kappa shape index (κ1) is 10.0. The number of nitrogens with one attached hydrogen (secondary N) is 1. The second-order valence-electron chi connectivity index (χ2n) is 2.69. The van der Waals surface area contributed by atoms with Gasteiger partial charge in [0.05, 0.1) is 6.42 Å². The summed E-state index contributed by atoms with van der Waals surface area (Å²) in [4.78, 5) is 10.9. The van der Waals surface area contributed by atoms with Crippen LogP contribution in [0.25, 0.3) is 0 Å². The van der Waals surface area contributed by atoms with Crippen LogP contribution in [0.3, 0.4) is 0 Å². The van der Waals surface area contributed by atoms with Crippen molar-refractivity contribution in [1.29, 1.82) is 0 Å². The zero-order chi connectivity index (χ0) is 9.68. The third kappa shape index (κ3) is 3.05. The maximum Gasteiger partial charge on any atom is 0.238 e. The zero-order valence-electron chi connectivity index (χ0n) is 7.09. The van der Waals surface area contributed by atoms with E-state index in [1.807, 2.05) is 24.3 Å². The molecule has 0 radical (unpaired) electrons. The van der Waals surface area contributed by atoms with Gasteiger partial charge in [-0.3, -0.25) is 10.2 Å². The number of carbonyl (C=O) groups excluding carboxylic acids is 1. The van der Waals surface area contributed by atoms with Crippen molar-refractivity contribution in [3.05, 3.63) is 35.4 Å². The molecule has 3 nitrogen and oxygen atoms in total. The third-order valence-electron chi connectivity index (χ3n) is 1.70. The van der Waals surface area contributed by atoms with Crippen molar-refractivity contribution in [2.75, 3.05) is 0 Å². The van der Waals surface area contributed by atoms with Crippen molar-refractivity contribution < 1.29 is 4.79 Å². The lowest BCUT2D eigenvalue weighted by atomic mass is 10.1. The molecular weight excluding hydrogens is 188 g/mol. The van der Waals surface area contributed by atoms with Crippen LogP contribution in [-0.2, 0) is 17.1 Å². The average Bonchev–Trinajstić information content (AvgIpc) is 2.19. The lowest BCUT2D eigenvalue weighted by Gasteiger charge is -2.00. The van der Waals surface area contributed by atoms with Gasteiger partial charge in [0.1, 0.15) is 0 Å². The summed E-state index contributed by atoms with van der Waals surface area (Å²) >= 11 is 5.61. The van der Waals surface area contributed by atoms with Crippen LogP contribution < -0.4 is 11.3 Å². The van der Waals surface area contributed by atoms with E-state index in [4.69, 9.17) is 17.4 Å². The first-order chi connectivity index (χ1) is 6.26. The quantitative estimate of drug-likeness (QED) is 0.329. The summed E-state index contributed by atoms with van der Waals surface area (Å²) < 4.78 is 0. The van der Waals surface area contributed by atoms with Crippen molar-refractivity contribution in [3.63, 3.8) is 0 Å². The minimum atomic E-state index is -0.196. The van der Waals surface area contributed by atoms with E-state index in [0.717, 1.165) is 11.1 Å². The predicted octanol–water partition coefficient (Wildman–Crippen LogP) is 0.958. The predicted molar refractivity (Wildman–Crippen MR) is 52.0 cm³/mol. The molecular formula is C9H11ClN2O. The van der Waals surface area contributed by atoms with Gasteiger partial charge in [-0.25, -0.2) is 5.84 Å². The Labute approximate surface area is 81.9 Å². The molecule has 0 saturated heterocycles. The number of rotatable bonds is 3. The Bertz CT molecular complexity index is 284. The molecule has 1 amide bonds. The highest BCUT2D eigenvalue weighted by molar-refractivity contribution is 6.17. The number of amides is 1. The van der Waals surface area contributed by atoms with Crippen LogP contribution >= 0.6 is 11.6 Å². The van der Waals surface area contributed by atoms with Gasteiger partial charge in [-0.2, -0.15) is 0 Å². The van der Waals surface area contributed by atoms with Gasteiger partial charge in [0.15, 0.2) is 0 Å². The Balaban J connectivity index is 2.64. The van der Waals surface area contributed by atoms with Crippen LogP contribution in [-0.4, -0.2) is 5.91 Å². The van der Waals surface area contributed by atoms with E-state index >= 15 is 0 Å². The van der Waals surface area contributed by atoms with E-state index < -0.39 is 0 Å². The Morgan fingerprint density at radius 3 is 2.31 bits per heavy atom. The molecule has 0 saturated carbocycles. The maximum absolute atomic E-state index is 10.9. The van der Waals surface area contributed by atoms with Crippen LogP contribution in [0.15, 0.2) is 24.3 Å². The Kier molecular flexibility index (Phi) is 3.73. The molecule has 1 aromatic rings. The van der Waals surface area contributed by atoms with E-state index in [9.17, 15) is 4.79 Å². The van der Waals surface area contributed by atoms with Crippen LogP contribution in [0.4, 0.5) is 0 Å². The number of hydrazine groups is 1. The number of alkyl halides is 1. The molecule has 13 heavy (non-hydrogen) atoms. The van der Waals surface area contributed by atoms with Crippen LogP contribution in [0.5, 0.6) is 0 Å². The highest BCUT2D eigenvalue weighted by Crippen LogP contribution is 2.07. The number of carbonyl (C=O) groups is 1. The highest BCUT2D eigenvalue weighted by atomic mass is 35.5. The minimum absolute atomic E-state index is 0.196. The van der Waals surface area contributed by atoms with Crippen LogP contribution in [0, 0.1) is 0 Å². The number of hydrogen-bond donors (Lipinski definition) is 2. The molecule has 0 unspecified atom stereocenters. The SMILES string of the molecule is NNC(=O)Cc1ccc(CCl)cc1. The summed E-state index contributed by atoms with van der Waals surface area (Å²) in [6, 6.07) is 7.53. The van der Waals surface area contributed by atoms with Crippen molar-refractivity contribution in [3.8, 4) is 0 Å². The Hall–Kier alpha value is -1.06. The fourth-order valence-electron chi connectivity index (χ4n) is 0.983. The molecule has 1 rings (SSSR count). The largest absolute Gasteiger partial charge is 0.294 e. The normalized spacial score (nSPS) is 9.69. The molecule has 0 fully saturated rings. The molecule has 0 spiro atoms. The summed E-state index contributed by atoms with van der Waals surface area (Å²) in [6.07, 6.45) is 0.305. The van der Waals surface area contributed by atoms with Crippen molar-refractivity contribution >= 4 is 17.5 Å². The van der Waals surface area contributed by atoms with Gasteiger partial charge in [-0.15, -0.1) is 11.6 Å². The lowest BCUT2D eigenvalue weighted by Crippen LogP contribution is -2.31. The van der Waals surface area contributed by atoms with Crippen molar-refractivity contribution in [2.24, 2.45) is 5.84 Å². The van der Waals surface area contributed by atoms with Gasteiger partial charge < -0.3 is 0 Å². The molecule has 1 aromatic carbocycles. The summed E-state index contributed by atoms with van der Waals surface area (Å²) in [5, 5.41) is 0. The molecule has 0 bridgehead atoms. The van der Waals surface area contributed by atoms with Gasteiger partial charge >= 0.3 is 0 Å². The summed E-state index contributed by atoms with van der Waals surface area (Å²) in [7, 11) is 0. The molecule has 70 valence electrons. The number of hydrogen-bond acceptors (Lipinski definition) is 2. The topological polar surface area (TPSA) is 55.1 Å². The standard InChI is InChI=1S/C9H11ClN2O/c10-6-8-3-1-7(2-4-8)5-9(13)12-11/h1-4H,5-6,11H2,(H,12,13). The Morgan fingerprint density at radius 2 is 1.85 bits per heavy atom. The second kappa shape index (κ2) is 4.84. The first-order valence-electron chi connectivity index (χ1n) is 3.89. The first-order valence-corrected chi connectivity index (χ1v) is 4.43. The molecule has 0 aliphatic carbocycles. The van der Waals surface area contributed by atoms with Gasteiger partial charge in [0, 0.05) is 5.88 Å². The number of halogens is 1. The maximum atomic E-state index is 10.9. The molecule has 0 aromatic heterocycles.